The first-order chi connectivity index (χ1) is 11.7. The van der Waals surface area contributed by atoms with Crippen LogP contribution < -0.4 is 5.32 Å². The maximum Gasteiger partial charge on any atom is 0.224 e. The van der Waals surface area contributed by atoms with Crippen LogP contribution in [0.25, 0.3) is 0 Å². The fraction of sp³-hybridized carbons (Fsp3) is 0.389. The van der Waals surface area contributed by atoms with Crippen molar-refractivity contribution in [3.05, 3.63) is 59.8 Å². The molecule has 2 aromatic rings. The molecule has 3 rings (SSSR count). The van der Waals surface area contributed by atoms with E-state index >= 15 is 0 Å². The Morgan fingerprint density at radius 3 is 2.62 bits per heavy atom. The summed E-state index contributed by atoms with van der Waals surface area (Å²) in [6, 6.07) is 9.74. The van der Waals surface area contributed by atoms with Gasteiger partial charge in [-0.1, -0.05) is 12.1 Å². The summed E-state index contributed by atoms with van der Waals surface area (Å²) in [5.74, 6) is 0.440. The maximum absolute atomic E-state index is 12.9. The molecule has 5 nitrogen and oxygen atoms in total. The molecule has 1 aromatic heterocycles. The van der Waals surface area contributed by atoms with Crippen molar-refractivity contribution in [2.24, 2.45) is 0 Å². The van der Waals surface area contributed by atoms with Crippen LogP contribution in [0.4, 0.5) is 4.39 Å². The number of amides is 1. The summed E-state index contributed by atoms with van der Waals surface area (Å²) < 4.78 is 23.8. The predicted octanol–water partition coefficient (Wildman–Crippen LogP) is 2.15. The van der Waals surface area contributed by atoms with E-state index in [2.05, 4.69) is 10.2 Å². The minimum atomic E-state index is -0.302. The van der Waals surface area contributed by atoms with E-state index in [-0.39, 0.29) is 24.2 Å². The summed E-state index contributed by atoms with van der Waals surface area (Å²) in [4.78, 5) is 14.4. The Morgan fingerprint density at radius 1 is 1.21 bits per heavy atom. The molecule has 1 aliphatic rings. The Hall–Kier alpha value is -2.18. The van der Waals surface area contributed by atoms with Gasteiger partial charge in [-0.15, -0.1) is 0 Å². The lowest BCUT2D eigenvalue weighted by Gasteiger charge is -2.33. The Kier molecular flexibility index (Phi) is 5.61. The second-order valence-corrected chi connectivity index (χ2v) is 5.79. The number of nitrogens with one attached hydrogen (secondary N) is 1. The van der Waals surface area contributed by atoms with Gasteiger partial charge in [0.15, 0.2) is 0 Å². The number of rotatable bonds is 6. The summed E-state index contributed by atoms with van der Waals surface area (Å²) in [6.07, 6.45) is 1.87. The third-order valence-corrected chi connectivity index (χ3v) is 4.13. The van der Waals surface area contributed by atoms with Crippen LogP contribution in [0.1, 0.15) is 17.4 Å². The van der Waals surface area contributed by atoms with E-state index in [1.807, 2.05) is 12.1 Å². The van der Waals surface area contributed by atoms with Crippen molar-refractivity contribution in [2.45, 2.75) is 12.5 Å². The molecule has 1 saturated heterocycles. The van der Waals surface area contributed by atoms with E-state index in [1.165, 1.54) is 12.1 Å². The number of carbonyl (C=O) groups excluding carboxylic acids is 1. The molecular formula is C18H21FN2O3. The Balaban J connectivity index is 1.58. The smallest absolute Gasteiger partial charge is 0.224 e. The molecule has 128 valence electrons. The minimum Gasteiger partial charge on any atom is -0.468 e. The van der Waals surface area contributed by atoms with Crippen molar-refractivity contribution in [3.63, 3.8) is 0 Å². The predicted molar refractivity (Wildman–Crippen MR) is 87.0 cm³/mol. The molecule has 0 aliphatic carbocycles. The Labute approximate surface area is 140 Å². The number of ether oxygens (including phenoxy) is 1. The molecule has 24 heavy (non-hydrogen) atoms. The van der Waals surface area contributed by atoms with Crippen LogP contribution in [0, 0.1) is 5.82 Å². The first-order valence-corrected chi connectivity index (χ1v) is 8.09. The molecule has 1 unspecified atom stereocenters. The van der Waals surface area contributed by atoms with Crippen molar-refractivity contribution in [1.82, 2.24) is 10.2 Å². The van der Waals surface area contributed by atoms with Gasteiger partial charge in [0.25, 0.3) is 0 Å². The lowest BCUT2D eigenvalue weighted by Crippen LogP contribution is -2.43. The average Bonchev–Trinajstić information content (AvgIpc) is 3.12. The van der Waals surface area contributed by atoms with Gasteiger partial charge in [0.1, 0.15) is 11.6 Å². The van der Waals surface area contributed by atoms with E-state index < -0.39 is 0 Å². The number of morpholine rings is 1. The number of furan rings is 1. The highest BCUT2D eigenvalue weighted by atomic mass is 19.1. The van der Waals surface area contributed by atoms with Gasteiger partial charge in [-0.25, -0.2) is 4.39 Å². The van der Waals surface area contributed by atoms with Gasteiger partial charge < -0.3 is 14.5 Å². The van der Waals surface area contributed by atoms with Crippen LogP contribution in [-0.2, 0) is 16.0 Å². The van der Waals surface area contributed by atoms with Gasteiger partial charge in [0, 0.05) is 19.6 Å². The molecule has 0 saturated carbocycles. The molecule has 1 aromatic carbocycles. The average molecular weight is 332 g/mol. The van der Waals surface area contributed by atoms with Gasteiger partial charge in [0.2, 0.25) is 5.91 Å². The monoisotopic (exact) mass is 332 g/mol. The van der Waals surface area contributed by atoms with Gasteiger partial charge in [0.05, 0.1) is 31.9 Å². The summed E-state index contributed by atoms with van der Waals surface area (Å²) >= 11 is 0. The maximum atomic E-state index is 12.9. The van der Waals surface area contributed by atoms with Crippen molar-refractivity contribution >= 4 is 5.91 Å². The normalized spacial score (nSPS) is 16.7. The van der Waals surface area contributed by atoms with Crippen LogP contribution in [0.5, 0.6) is 0 Å². The van der Waals surface area contributed by atoms with Crippen molar-refractivity contribution in [1.29, 1.82) is 0 Å². The molecule has 0 radical (unpaired) electrons. The molecule has 1 amide bonds. The van der Waals surface area contributed by atoms with Crippen LogP contribution in [0.3, 0.4) is 0 Å². The summed E-state index contributed by atoms with van der Waals surface area (Å²) in [5, 5.41) is 2.96. The van der Waals surface area contributed by atoms with Crippen LogP contribution in [-0.4, -0.2) is 43.7 Å². The third kappa shape index (κ3) is 4.43. The first-order valence-electron chi connectivity index (χ1n) is 8.09. The fourth-order valence-electron chi connectivity index (χ4n) is 2.84. The van der Waals surface area contributed by atoms with E-state index in [1.54, 1.807) is 18.4 Å². The van der Waals surface area contributed by atoms with E-state index in [4.69, 9.17) is 9.15 Å². The zero-order chi connectivity index (χ0) is 16.8. The number of halogens is 1. The Bertz CT molecular complexity index is 637. The van der Waals surface area contributed by atoms with Crippen molar-refractivity contribution in [2.75, 3.05) is 32.8 Å². The third-order valence-electron chi connectivity index (χ3n) is 4.13. The standard InChI is InChI=1S/C18H21FN2O3/c19-15-5-3-14(4-6-15)12-18(22)20-13-16(17-2-1-9-24-17)21-7-10-23-11-8-21/h1-6,9,16H,7-8,10-13H2,(H,20,22). The van der Waals surface area contributed by atoms with E-state index in [0.717, 1.165) is 24.4 Å². The van der Waals surface area contributed by atoms with Crippen molar-refractivity contribution in [3.8, 4) is 0 Å². The molecular weight excluding hydrogens is 311 g/mol. The number of hydrogen-bond acceptors (Lipinski definition) is 4. The number of carbonyl (C=O) groups is 1. The highest BCUT2D eigenvalue weighted by Crippen LogP contribution is 2.21. The van der Waals surface area contributed by atoms with Gasteiger partial charge in [-0.3, -0.25) is 9.69 Å². The SMILES string of the molecule is O=C(Cc1ccc(F)cc1)NCC(c1ccco1)N1CCOCC1. The molecule has 6 heteroatoms. The zero-order valence-electron chi connectivity index (χ0n) is 13.4. The number of nitrogens with zero attached hydrogens (tertiary/aromatic N) is 1. The minimum absolute atomic E-state index is 0.0129. The van der Waals surface area contributed by atoms with Crippen LogP contribution in [0.2, 0.25) is 0 Å². The molecule has 0 bridgehead atoms. The van der Waals surface area contributed by atoms with Crippen LogP contribution in [0.15, 0.2) is 47.1 Å². The van der Waals surface area contributed by atoms with E-state index in [0.29, 0.717) is 19.8 Å². The lowest BCUT2D eigenvalue weighted by molar-refractivity contribution is -0.120. The Morgan fingerprint density at radius 2 is 1.96 bits per heavy atom. The second-order valence-electron chi connectivity index (χ2n) is 5.79. The highest BCUT2D eigenvalue weighted by Gasteiger charge is 2.25. The highest BCUT2D eigenvalue weighted by molar-refractivity contribution is 5.78. The van der Waals surface area contributed by atoms with Crippen LogP contribution >= 0.6 is 0 Å². The molecule has 0 spiro atoms. The molecule has 1 atom stereocenters. The van der Waals surface area contributed by atoms with Gasteiger partial charge in [-0.2, -0.15) is 0 Å². The molecule has 1 aliphatic heterocycles. The van der Waals surface area contributed by atoms with Crippen molar-refractivity contribution < 1.29 is 18.3 Å². The second kappa shape index (κ2) is 8.08. The van der Waals surface area contributed by atoms with Gasteiger partial charge in [-0.05, 0) is 29.8 Å². The summed E-state index contributed by atoms with van der Waals surface area (Å²) in [5.41, 5.74) is 0.787. The zero-order valence-corrected chi connectivity index (χ0v) is 13.4. The largest absolute Gasteiger partial charge is 0.468 e. The molecule has 2 heterocycles. The topological polar surface area (TPSA) is 54.7 Å². The van der Waals surface area contributed by atoms with Gasteiger partial charge >= 0.3 is 0 Å². The van der Waals surface area contributed by atoms with E-state index in [9.17, 15) is 9.18 Å². The number of hydrogen-bond donors (Lipinski definition) is 1. The summed E-state index contributed by atoms with van der Waals surface area (Å²) in [7, 11) is 0. The fourth-order valence-corrected chi connectivity index (χ4v) is 2.84. The quantitative estimate of drug-likeness (QED) is 0.881. The number of benzene rings is 1. The first kappa shape index (κ1) is 16.7. The lowest BCUT2D eigenvalue weighted by atomic mass is 10.1. The molecule has 1 N–H and O–H groups in total. The summed E-state index contributed by atoms with van der Waals surface area (Å²) in [6.45, 7) is 3.44. The molecule has 1 fully saturated rings.